The maximum Gasteiger partial charge on any atom is 0.187 e. The maximum absolute atomic E-state index is 5.65. The molecule has 0 atom stereocenters. The van der Waals surface area contributed by atoms with Crippen LogP contribution in [0, 0.1) is 0 Å². The summed E-state index contributed by atoms with van der Waals surface area (Å²) in [6.07, 6.45) is 2.21. The second-order valence-electron chi connectivity index (χ2n) is 1.72. The third-order valence-electron chi connectivity index (χ3n) is 0.814. The molecular formula is C4H12AlCl3Sn. The van der Waals surface area contributed by atoms with E-state index in [1.165, 1.54) is 0 Å². The van der Waals surface area contributed by atoms with E-state index in [4.69, 9.17) is 26.8 Å². The molecule has 0 aliphatic rings. The Labute approximate surface area is 82.4 Å². The van der Waals surface area contributed by atoms with E-state index in [0.29, 0.717) is 0 Å². The summed E-state index contributed by atoms with van der Waals surface area (Å²) in [7, 11) is 17.0. The normalized spacial score (nSPS) is 10.7. The van der Waals surface area contributed by atoms with Gasteiger partial charge in [0.05, 0.1) is 0 Å². The summed E-state index contributed by atoms with van der Waals surface area (Å²) in [6.45, 7) is 2.10. The molecule has 56 valence electrons. The number of rotatable bonds is 3. The minimum atomic E-state index is -2.89. The number of unbranched alkanes of at least 4 members (excludes halogenated alkanes) is 1. The van der Waals surface area contributed by atoms with Gasteiger partial charge >= 0.3 is 66.0 Å². The minimum absolute atomic E-state index is 0. The molecule has 0 amide bonds. The van der Waals surface area contributed by atoms with E-state index in [-0.39, 0.29) is 17.4 Å². The largest absolute Gasteiger partial charge is 0.187 e. The van der Waals surface area contributed by atoms with Gasteiger partial charge in [-0.3, -0.25) is 0 Å². The molecule has 0 N–H and O–H groups in total. The third-order valence-corrected chi connectivity index (χ3v) is 7.24. The maximum atomic E-state index is 5.65. The Bertz CT molecular complexity index is 63.3. The van der Waals surface area contributed by atoms with Crippen LogP contribution in [0.5, 0.6) is 0 Å². The van der Waals surface area contributed by atoms with Crippen LogP contribution >= 0.6 is 26.8 Å². The van der Waals surface area contributed by atoms with Crippen molar-refractivity contribution < 1.29 is 0 Å². The monoisotopic (exact) mass is 312 g/mol. The van der Waals surface area contributed by atoms with Gasteiger partial charge < -0.3 is 0 Å². The van der Waals surface area contributed by atoms with Crippen LogP contribution in [0.25, 0.3) is 0 Å². The van der Waals surface area contributed by atoms with Gasteiger partial charge in [-0.1, -0.05) is 0 Å². The average Bonchev–Trinajstić information content (AvgIpc) is 1.59. The van der Waals surface area contributed by atoms with Crippen LogP contribution in [0.1, 0.15) is 19.8 Å². The summed E-state index contributed by atoms with van der Waals surface area (Å²) in [6, 6.07) is 0. The SMILES string of the molecule is CCC[CH2][Sn]([Cl])([Cl])[Cl].[AlH3]. The Kier molecular flexibility index (Phi) is 10.5. The molecule has 0 bridgehead atoms. The molecule has 0 unspecified atom stereocenters. The fourth-order valence-corrected chi connectivity index (χ4v) is 5.22. The first-order chi connectivity index (χ1) is 3.56. The molecule has 0 radical (unpaired) electrons. The average molecular weight is 312 g/mol. The van der Waals surface area contributed by atoms with E-state index >= 15 is 0 Å². The molecule has 0 rings (SSSR count). The van der Waals surface area contributed by atoms with Crippen molar-refractivity contribution in [3.8, 4) is 0 Å². The molecule has 0 saturated heterocycles. The summed E-state index contributed by atoms with van der Waals surface area (Å²) in [5, 5.41) is 0. The molecule has 0 nitrogen and oxygen atoms in total. The van der Waals surface area contributed by atoms with Crippen LogP contribution in [-0.4, -0.2) is 32.4 Å². The first kappa shape index (κ1) is 13.8. The van der Waals surface area contributed by atoms with Gasteiger partial charge in [0, 0.05) is 0 Å². The zero-order valence-corrected chi connectivity index (χ0v) is 9.88. The first-order valence-corrected chi connectivity index (χ1v) is 15.5. The number of halogens is 3. The summed E-state index contributed by atoms with van der Waals surface area (Å²) in [4.78, 5) is 0. The Morgan fingerprint density at radius 2 is 1.67 bits per heavy atom. The standard InChI is InChI=1S/C4H9.Al.3ClH.Sn.3H/c1-3-4-2;;;;;;;;/h1,3-4H2,2H3;;3*1H;;;;/q;;;;;+3;;;/p-3. The predicted molar refractivity (Wildman–Crippen MR) is 53.0 cm³/mol. The molecule has 0 heterocycles. The smallest absolute Gasteiger partial charge is 0.187 e. The third kappa shape index (κ3) is 13.2. The molecular weight excluding hydrogens is 300 g/mol. The van der Waals surface area contributed by atoms with Gasteiger partial charge in [0.15, 0.2) is 17.4 Å². The van der Waals surface area contributed by atoms with Gasteiger partial charge in [-0.25, -0.2) is 0 Å². The van der Waals surface area contributed by atoms with Crippen molar-refractivity contribution in [3.05, 3.63) is 0 Å². The summed E-state index contributed by atoms with van der Waals surface area (Å²) >= 11 is -2.89. The topological polar surface area (TPSA) is 0 Å². The van der Waals surface area contributed by atoms with Crippen molar-refractivity contribution in [2.75, 3.05) is 0 Å². The Hall–Kier alpha value is 2.20. The number of hydrogen-bond acceptors (Lipinski definition) is 0. The van der Waals surface area contributed by atoms with Crippen LogP contribution in [0.15, 0.2) is 0 Å². The van der Waals surface area contributed by atoms with Crippen LogP contribution in [0.4, 0.5) is 0 Å². The quantitative estimate of drug-likeness (QED) is 0.701. The second kappa shape index (κ2) is 6.88. The van der Waals surface area contributed by atoms with Gasteiger partial charge in [-0.15, -0.1) is 0 Å². The molecule has 0 aliphatic carbocycles. The van der Waals surface area contributed by atoms with E-state index in [9.17, 15) is 0 Å². The number of hydrogen-bond donors (Lipinski definition) is 0. The Morgan fingerprint density at radius 1 is 1.22 bits per heavy atom. The fraction of sp³-hybridized carbons (Fsp3) is 1.00. The van der Waals surface area contributed by atoms with E-state index < -0.39 is 15.0 Å². The van der Waals surface area contributed by atoms with Crippen LogP contribution < -0.4 is 0 Å². The summed E-state index contributed by atoms with van der Waals surface area (Å²) in [5.41, 5.74) is 0. The molecule has 0 fully saturated rings. The second-order valence-corrected chi connectivity index (χ2v) is 23.5. The Morgan fingerprint density at radius 3 is 1.78 bits per heavy atom. The molecule has 0 aromatic rings. The fourth-order valence-electron chi connectivity index (χ4n) is 0.377. The van der Waals surface area contributed by atoms with E-state index in [1.54, 1.807) is 0 Å². The minimum Gasteiger partial charge on any atom is 0.187 e. The van der Waals surface area contributed by atoms with Crippen molar-refractivity contribution in [2.45, 2.75) is 24.2 Å². The van der Waals surface area contributed by atoms with Crippen molar-refractivity contribution in [1.29, 1.82) is 0 Å². The summed E-state index contributed by atoms with van der Waals surface area (Å²) < 4.78 is 0.871. The molecule has 0 aromatic heterocycles. The zero-order chi connectivity index (χ0) is 6.62. The van der Waals surface area contributed by atoms with Crippen LogP contribution in [-0.2, 0) is 0 Å². The van der Waals surface area contributed by atoms with Crippen molar-refractivity contribution in [1.82, 2.24) is 0 Å². The van der Waals surface area contributed by atoms with E-state index in [1.807, 2.05) is 0 Å². The van der Waals surface area contributed by atoms with Crippen molar-refractivity contribution in [3.63, 3.8) is 0 Å². The van der Waals surface area contributed by atoms with Crippen LogP contribution in [0.3, 0.4) is 0 Å². The van der Waals surface area contributed by atoms with Gasteiger partial charge in [-0.05, 0) is 0 Å². The van der Waals surface area contributed by atoms with Crippen LogP contribution in [0.2, 0.25) is 4.44 Å². The van der Waals surface area contributed by atoms with Crippen molar-refractivity contribution >= 4 is 59.1 Å². The first-order valence-electron chi connectivity index (χ1n) is 2.63. The van der Waals surface area contributed by atoms with E-state index in [0.717, 1.165) is 17.3 Å². The predicted octanol–water partition coefficient (Wildman–Crippen LogP) is 2.26. The Balaban J connectivity index is 0. The molecule has 0 aromatic carbocycles. The van der Waals surface area contributed by atoms with Crippen molar-refractivity contribution in [2.24, 2.45) is 0 Å². The molecule has 9 heavy (non-hydrogen) atoms. The summed E-state index contributed by atoms with van der Waals surface area (Å²) in [5.74, 6) is 0. The van der Waals surface area contributed by atoms with Gasteiger partial charge in [0.25, 0.3) is 0 Å². The van der Waals surface area contributed by atoms with Gasteiger partial charge in [0.1, 0.15) is 0 Å². The van der Waals surface area contributed by atoms with Gasteiger partial charge in [0.2, 0.25) is 0 Å². The molecule has 5 heteroatoms. The molecule has 0 spiro atoms. The molecule has 0 saturated carbocycles. The zero-order valence-electron chi connectivity index (χ0n) is 4.76. The van der Waals surface area contributed by atoms with E-state index in [2.05, 4.69) is 6.92 Å². The molecule has 0 aliphatic heterocycles. The van der Waals surface area contributed by atoms with Gasteiger partial charge in [-0.2, -0.15) is 0 Å².